The van der Waals surface area contributed by atoms with E-state index >= 15 is 0 Å². The van der Waals surface area contributed by atoms with E-state index in [0.29, 0.717) is 5.69 Å². The molecule has 0 atom stereocenters. The molecule has 0 radical (unpaired) electrons. The fourth-order valence-corrected chi connectivity index (χ4v) is 2.88. The monoisotopic (exact) mass is 335 g/mol. The van der Waals surface area contributed by atoms with E-state index in [1.54, 1.807) is 31.1 Å². The van der Waals surface area contributed by atoms with Crippen molar-refractivity contribution in [2.75, 3.05) is 19.0 Å². The summed E-state index contributed by atoms with van der Waals surface area (Å²) < 4.78 is 38.0. The quantitative estimate of drug-likeness (QED) is 0.793. The number of benzene rings is 1. The van der Waals surface area contributed by atoms with Crippen LogP contribution in [0.1, 0.15) is 31.9 Å². The van der Waals surface area contributed by atoms with E-state index in [2.05, 4.69) is 0 Å². The third-order valence-electron chi connectivity index (χ3n) is 3.24. The Kier molecular flexibility index (Phi) is 5.19. The predicted octanol–water partition coefficient (Wildman–Crippen LogP) is 2.84. The van der Waals surface area contributed by atoms with Gasteiger partial charge in [-0.15, -0.1) is 0 Å². The normalized spacial score (nSPS) is 12.4. The molecule has 0 saturated carbocycles. The van der Waals surface area contributed by atoms with Crippen molar-refractivity contribution in [1.82, 2.24) is 0 Å². The molecule has 122 valence electrons. The number of sulfone groups is 1. The van der Waals surface area contributed by atoms with Crippen LogP contribution < -0.4 is 4.90 Å². The maximum Gasteiger partial charge on any atom is 0.193 e. The van der Waals surface area contributed by atoms with E-state index in [1.807, 2.05) is 0 Å². The number of nitriles is 2. The Morgan fingerprint density at radius 1 is 1.26 bits per heavy atom. The number of halogens is 1. The summed E-state index contributed by atoms with van der Waals surface area (Å²) in [6, 6.07) is 6.23. The fourth-order valence-electron chi connectivity index (χ4n) is 1.81. The Bertz CT molecular complexity index is 836. The van der Waals surface area contributed by atoms with E-state index < -0.39 is 25.3 Å². The first-order valence-corrected chi connectivity index (χ1v) is 8.22. The van der Waals surface area contributed by atoms with Crippen molar-refractivity contribution >= 4 is 21.6 Å². The van der Waals surface area contributed by atoms with Gasteiger partial charge in [-0.3, -0.25) is 0 Å². The van der Waals surface area contributed by atoms with E-state index in [0.717, 1.165) is 6.08 Å². The maximum atomic E-state index is 14.5. The summed E-state index contributed by atoms with van der Waals surface area (Å²) in [6.07, 6.45) is 0.968. The lowest BCUT2D eigenvalue weighted by atomic mass is 10.1. The lowest BCUT2D eigenvalue weighted by molar-refractivity contribution is 0.568. The van der Waals surface area contributed by atoms with Crippen LogP contribution in [0.2, 0.25) is 0 Å². The molecule has 0 amide bonds. The van der Waals surface area contributed by atoms with Gasteiger partial charge >= 0.3 is 0 Å². The molecule has 0 N–H and O–H groups in total. The first kappa shape index (κ1) is 18.7. The second kappa shape index (κ2) is 6.39. The van der Waals surface area contributed by atoms with Crippen LogP contribution >= 0.6 is 0 Å². The molecule has 0 fully saturated rings. The summed E-state index contributed by atoms with van der Waals surface area (Å²) in [7, 11) is -0.584. The van der Waals surface area contributed by atoms with Crippen molar-refractivity contribution in [3.8, 4) is 12.1 Å². The molecule has 0 heterocycles. The van der Waals surface area contributed by atoms with Gasteiger partial charge in [-0.25, -0.2) is 12.8 Å². The minimum Gasteiger partial charge on any atom is -0.377 e. The minimum absolute atomic E-state index is 0.114. The Morgan fingerprint density at radius 2 is 1.83 bits per heavy atom. The molecule has 0 aliphatic heterocycles. The summed E-state index contributed by atoms with van der Waals surface area (Å²) in [5, 5.41) is 18.3. The van der Waals surface area contributed by atoms with Crippen LogP contribution in [0.15, 0.2) is 17.0 Å². The number of hydrogen-bond donors (Lipinski definition) is 0. The van der Waals surface area contributed by atoms with Gasteiger partial charge in [0.15, 0.2) is 9.84 Å². The lowest BCUT2D eigenvalue weighted by Crippen LogP contribution is -2.28. The lowest BCUT2D eigenvalue weighted by Gasteiger charge is -2.18. The molecular weight excluding hydrogens is 317 g/mol. The first-order chi connectivity index (χ1) is 10.5. The zero-order valence-electron chi connectivity index (χ0n) is 13.7. The van der Waals surface area contributed by atoms with E-state index in [9.17, 15) is 12.8 Å². The molecule has 23 heavy (non-hydrogen) atoms. The molecule has 1 aromatic carbocycles. The zero-order chi connectivity index (χ0) is 18.0. The van der Waals surface area contributed by atoms with Gasteiger partial charge in [0.25, 0.3) is 0 Å². The highest BCUT2D eigenvalue weighted by molar-refractivity contribution is 7.97. The third-order valence-corrected chi connectivity index (χ3v) is 5.64. The molecule has 0 aliphatic carbocycles. The number of rotatable bonds is 3. The van der Waals surface area contributed by atoms with Crippen LogP contribution in [0.5, 0.6) is 0 Å². The smallest absolute Gasteiger partial charge is 0.193 e. The number of nitrogens with zero attached hydrogens (tertiary/aromatic N) is 3. The van der Waals surface area contributed by atoms with Gasteiger partial charge in [-0.1, -0.05) is 0 Å². The SMILES string of the molecule is CN(C)c1ccc(C=C(C#N)S(=O)(=O)C(C)(C)C)c(F)c1C#N. The van der Waals surface area contributed by atoms with Crippen LogP contribution in [0.4, 0.5) is 10.1 Å². The van der Waals surface area contributed by atoms with Gasteiger partial charge in [0.1, 0.15) is 28.4 Å². The standard InChI is InChI=1S/C16H18FN3O2S/c1-16(2,3)23(21,22)12(9-18)8-11-6-7-14(20(4)5)13(10-19)15(11)17/h6-8H,1-5H3. The molecule has 0 aliphatic rings. The maximum absolute atomic E-state index is 14.5. The zero-order valence-corrected chi connectivity index (χ0v) is 14.5. The molecule has 0 spiro atoms. The molecule has 1 aromatic rings. The average molecular weight is 335 g/mol. The van der Waals surface area contributed by atoms with Crippen LogP contribution in [0.25, 0.3) is 6.08 Å². The van der Waals surface area contributed by atoms with Gasteiger partial charge < -0.3 is 4.90 Å². The van der Waals surface area contributed by atoms with Crippen LogP contribution in [-0.4, -0.2) is 27.3 Å². The van der Waals surface area contributed by atoms with Crippen molar-refractivity contribution in [1.29, 1.82) is 10.5 Å². The molecule has 0 aromatic heterocycles. The molecular formula is C16H18FN3O2S. The Morgan fingerprint density at radius 3 is 2.22 bits per heavy atom. The largest absolute Gasteiger partial charge is 0.377 e. The Hall–Kier alpha value is -2.38. The van der Waals surface area contributed by atoms with Crippen molar-refractivity contribution in [3.05, 3.63) is 34.0 Å². The van der Waals surface area contributed by atoms with Gasteiger partial charge in [0, 0.05) is 19.7 Å². The van der Waals surface area contributed by atoms with Crippen molar-refractivity contribution in [2.24, 2.45) is 0 Å². The van der Waals surface area contributed by atoms with Crippen LogP contribution in [0, 0.1) is 28.5 Å². The van der Waals surface area contributed by atoms with Crippen molar-refractivity contribution < 1.29 is 12.8 Å². The highest BCUT2D eigenvalue weighted by Gasteiger charge is 2.33. The molecule has 7 heteroatoms. The van der Waals surface area contributed by atoms with Crippen molar-refractivity contribution in [2.45, 2.75) is 25.5 Å². The number of anilines is 1. The predicted molar refractivity (Wildman–Crippen MR) is 87.7 cm³/mol. The van der Waals surface area contributed by atoms with E-state index in [-0.39, 0.29) is 11.1 Å². The Labute approximate surface area is 136 Å². The second-order valence-electron chi connectivity index (χ2n) is 6.11. The Balaban J connectivity index is 3.62. The molecule has 0 saturated heterocycles. The average Bonchev–Trinajstić information content (AvgIpc) is 2.43. The minimum atomic E-state index is -3.91. The van der Waals surface area contributed by atoms with Gasteiger partial charge in [0.05, 0.1) is 10.4 Å². The molecule has 1 rings (SSSR count). The molecule has 5 nitrogen and oxygen atoms in total. The summed E-state index contributed by atoms with van der Waals surface area (Å²) in [4.78, 5) is 1.04. The van der Waals surface area contributed by atoms with Crippen molar-refractivity contribution in [3.63, 3.8) is 0 Å². The third kappa shape index (κ3) is 3.52. The van der Waals surface area contributed by atoms with Crippen LogP contribution in [-0.2, 0) is 9.84 Å². The van der Waals surface area contributed by atoms with Crippen LogP contribution in [0.3, 0.4) is 0 Å². The molecule has 0 bridgehead atoms. The summed E-state index contributed by atoms with van der Waals surface area (Å²) in [5.41, 5.74) is 0.0602. The topological polar surface area (TPSA) is 85.0 Å². The summed E-state index contributed by atoms with van der Waals surface area (Å²) in [6.45, 7) is 4.37. The van der Waals surface area contributed by atoms with E-state index in [1.165, 1.54) is 32.9 Å². The van der Waals surface area contributed by atoms with Gasteiger partial charge in [-0.05, 0) is 39.0 Å². The first-order valence-electron chi connectivity index (χ1n) is 6.73. The number of hydrogen-bond acceptors (Lipinski definition) is 5. The second-order valence-corrected chi connectivity index (χ2v) is 8.78. The number of allylic oxidation sites excluding steroid dienone is 1. The van der Waals surface area contributed by atoms with E-state index in [4.69, 9.17) is 10.5 Å². The molecule has 0 unspecified atom stereocenters. The van der Waals surface area contributed by atoms with Gasteiger partial charge in [-0.2, -0.15) is 10.5 Å². The highest BCUT2D eigenvalue weighted by atomic mass is 32.2. The summed E-state index contributed by atoms with van der Waals surface area (Å²) in [5.74, 6) is -0.851. The van der Waals surface area contributed by atoms with Gasteiger partial charge in [0.2, 0.25) is 0 Å². The fraction of sp³-hybridized carbons (Fsp3) is 0.375. The highest BCUT2D eigenvalue weighted by Crippen LogP contribution is 2.28. The summed E-state index contributed by atoms with van der Waals surface area (Å²) >= 11 is 0.